The van der Waals surface area contributed by atoms with Crippen LogP contribution in [-0.4, -0.2) is 12.1 Å². The Kier molecular flexibility index (Phi) is 8.14. The second-order valence-corrected chi connectivity index (χ2v) is 5.40. The number of carbonyl (C=O) groups is 2. The summed E-state index contributed by atoms with van der Waals surface area (Å²) in [6.07, 6.45) is 8.27. The van der Waals surface area contributed by atoms with Crippen molar-refractivity contribution >= 4 is 12.1 Å². The molecule has 0 aliphatic rings. The van der Waals surface area contributed by atoms with E-state index in [0.29, 0.717) is 25.0 Å². The second kappa shape index (κ2) is 8.49. The molecule has 0 radical (unpaired) electrons. The molecule has 0 aliphatic carbocycles. The highest BCUT2D eigenvalue weighted by atomic mass is 16.1. The number of hydrogen-bond donors (Lipinski definition) is 0. The van der Waals surface area contributed by atoms with E-state index in [1.54, 1.807) is 0 Å². The van der Waals surface area contributed by atoms with Gasteiger partial charge in [-0.15, -0.1) is 0 Å². The van der Waals surface area contributed by atoms with Gasteiger partial charge in [0, 0.05) is 19.3 Å². The van der Waals surface area contributed by atoms with Crippen LogP contribution in [0.5, 0.6) is 0 Å². The summed E-state index contributed by atoms with van der Waals surface area (Å²) in [5, 5.41) is 0. The minimum absolute atomic E-state index is 0.0112. The lowest BCUT2D eigenvalue weighted by Crippen LogP contribution is -2.17. The van der Waals surface area contributed by atoms with E-state index >= 15 is 0 Å². The summed E-state index contributed by atoms with van der Waals surface area (Å²) < 4.78 is 0. The summed E-state index contributed by atoms with van der Waals surface area (Å²) in [6, 6.07) is 0. The molecule has 0 amide bonds. The van der Waals surface area contributed by atoms with Gasteiger partial charge in [0.1, 0.15) is 12.1 Å². The number of rotatable bonds is 10. The Morgan fingerprint density at radius 1 is 1.19 bits per heavy atom. The van der Waals surface area contributed by atoms with Crippen LogP contribution in [0.1, 0.15) is 72.1 Å². The van der Waals surface area contributed by atoms with Crippen LogP contribution in [0.25, 0.3) is 0 Å². The monoisotopic (exact) mass is 226 g/mol. The molecule has 0 aromatic rings. The lowest BCUT2D eigenvalue weighted by molar-refractivity contribution is -0.121. The highest BCUT2D eigenvalue weighted by Gasteiger charge is 2.20. The first-order chi connectivity index (χ1) is 7.52. The van der Waals surface area contributed by atoms with Gasteiger partial charge in [0.2, 0.25) is 0 Å². The molecule has 0 rings (SSSR count). The van der Waals surface area contributed by atoms with Crippen LogP contribution >= 0.6 is 0 Å². The molecule has 0 aromatic heterocycles. The largest absolute Gasteiger partial charge is 0.303 e. The van der Waals surface area contributed by atoms with Crippen molar-refractivity contribution in [3.05, 3.63) is 0 Å². The molecule has 0 aliphatic heterocycles. The molecule has 0 fully saturated rings. The molecule has 0 atom stereocenters. The first-order valence-corrected chi connectivity index (χ1v) is 6.47. The van der Waals surface area contributed by atoms with Gasteiger partial charge in [0.05, 0.1) is 0 Å². The van der Waals surface area contributed by atoms with Gasteiger partial charge in [-0.05, 0) is 18.3 Å². The third-order valence-corrected chi connectivity index (χ3v) is 2.92. The molecule has 0 aromatic carbocycles. The molecule has 0 bridgehead atoms. The fourth-order valence-electron chi connectivity index (χ4n) is 1.91. The van der Waals surface area contributed by atoms with Crippen molar-refractivity contribution in [2.75, 3.05) is 0 Å². The van der Waals surface area contributed by atoms with Crippen LogP contribution in [0, 0.1) is 5.41 Å². The van der Waals surface area contributed by atoms with Gasteiger partial charge in [-0.25, -0.2) is 0 Å². The Labute approximate surface area is 99.8 Å². The fraction of sp³-hybridized carbons (Fsp3) is 0.857. The molecule has 0 unspecified atom stereocenters. The van der Waals surface area contributed by atoms with E-state index in [2.05, 4.69) is 20.8 Å². The van der Waals surface area contributed by atoms with Crippen LogP contribution in [-0.2, 0) is 9.59 Å². The van der Waals surface area contributed by atoms with E-state index in [0.717, 1.165) is 25.5 Å². The van der Waals surface area contributed by atoms with E-state index in [1.807, 2.05) is 0 Å². The van der Waals surface area contributed by atoms with Gasteiger partial charge >= 0.3 is 0 Å². The average Bonchev–Trinajstić information content (AvgIpc) is 2.21. The first-order valence-electron chi connectivity index (χ1n) is 6.47. The molecule has 16 heavy (non-hydrogen) atoms. The maximum atomic E-state index is 11.7. The molecule has 0 spiro atoms. The molecule has 94 valence electrons. The van der Waals surface area contributed by atoms with Crippen LogP contribution in [0.15, 0.2) is 0 Å². The lowest BCUT2D eigenvalue weighted by atomic mass is 9.82. The summed E-state index contributed by atoms with van der Waals surface area (Å²) in [5.74, 6) is 0.354. The molecular weight excluding hydrogens is 200 g/mol. The highest BCUT2D eigenvalue weighted by Crippen LogP contribution is 2.27. The van der Waals surface area contributed by atoms with Crippen molar-refractivity contribution < 1.29 is 9.59 Å². The van der Waals surface area contributed by atoms with E-state index in [4.69, 9.17) is 0 Å². The molecule has 0 heterocycles. The third-order valence-electron chi connectivity index (χ3n) is 2.92. The summed E-state index contributed by atoms with van der Waals surface area (Å²) in [7, 11) is 0. The van der Waals surface area contributed by atoms with Crippen molar-refractivity contribution in [2.24, 2.45) is 5.41 Å². The predicted molar refractivity (Wildman–Crippen MR) is 67.5 cm³/mol. The van der Waals surface area contributed by atoms with Gasteiger partial charge in [-0.2, -0.15) is 0 Å². The van der Waals surface area contributed by atoms with Crippen molar-refractivity contribution in [1.82, 2.24) is 0 Å². The van der Waals surface area contributed by atoms with Crippen LogP contribution < -0.4 is 0 Å². The Morgan fingerprint density at radius 2 is 1.88 bits per heavy atom. The Hall–Kier alpha value is -0.660. The first kappa shape index (κ1) is 15.3. The molecular formula is C14H26O2. The lowest BCUT2D eigenvalue weighted by Gasteiger charge is -2.22. The second-order valence-electron chi connectivity index (χ2n) is 5.40. The molecule has 2 heteroatoms. The Morgan fingerprint density at radius 3 is 2.44 bits per heavy atom. The topological polar surface area (TPSA) is 34.1 Å². The van der Waals surface area contributed by atoms with E-state index in [-0.39, 0.29) is 5.41 Å². The van der Waals surface area contributed by atoms with Crippen LogP contribution in [0.3, 0.4) is 0 Å². The standard InChI is InChI=1S/C14H26O2/c1-4-5-6-7-9-13(16)12-14(2,3)10-8-11-15/h11H,4-10,12H2,1-3H3. The summed E-state index contributed by atoms with van der Waals surface area (Å²) >= 11 is 0. The van der Waals surface area contributed by atoms with Crippen LogP contribution in [0.2, 0.25) is 0 Å². The number of hydrogen-bond acceptors (Lipinski definition) is 2. The van der Waals surface area contributed by atoms with Crippen LogP contribution in [0.4, 0.5) is 0 Å². The van der Waals surface area contributed by atoms with Gasteiger partial charge in [0.15, 0.2) is 0 Å². The third kappa shape index (κ3) is 8.63. The van der Waals surface area contributed by atoms with Crippen molar-refractivity contribution in [3.63, 3.8) is 0 Å². The Bertz CT molecular complexity index is 207. The van der Waals surface area contributed by atoms with Crippen molar-refractivity contribution in [1.29, 1.82) is 0 Å². The normalized spacial score (nSPS) is 11.4. The van der Waals surface area contributed by atoms with Gasteiger partial charge in [-0.3, -0.25) is 4.79 Å². The number of unbranched alkanes of at least 4 members (excludes halogenated alkanes) is 3. The van der Waals surface area contributed by atoms with E-state index in [1.165, 1.54) is 12.8 Å². The Balaban J connectivity index is 3.71. The maximum Gasteiger partial charge on any atom is 0.133 e. The molecule has 0 saturated heterocycles. The quantitative estimate of drug-likeness (QED) is 0.418. The predicted octanol–water partition coefficient (Wildman–Crippen LogP) is 3.92. The number of Topliss-reactive ketones (excluding diaryl/α,β-unsaturated/α-hetero) is 1. The van der Waals surface area contributed by atoms with Crippen molar-refractivity contribution in [3.8, 4) is 0 Å². The molecule has 0 saturated carbocycles. The zero-order chi connectivity index (χ0) is 12.4. The number of ketones is 1. The maximum absolute atomic E-state index is 11.7. The minimum atomic E-state index is -0.0112. The van der Waals surface area contributed by atoms with Gasteiger partial charge < -0.3 is 4.79 Å². The smallest absolute Gasteiger partial charge is 0.133 e. The summed E-state index contributed by atoms with van der Waals surface area (Å²) in [6.45, 7) is 6.31. The SMILES string of the molecule is CCCCCCC(=O)CC(C)(C)CCC=O. The average molecular weight is 226 g/mol. The fourth-order valence-corrected chi connectivity index (χ4v) is 1.91. The van der Waals surface area contributed by atoms with Crippen molar-refractivity contribution in [2.45, 2.75) is 72.1 Å². The number of aldehydes is 1. The molecule has 2 nitrogen and oxygen atoms in total. The van der Waals surface area contributed by atoms with E-state index < -0.39 is 0 Å². The van der Waals surface area contributed by atoms with Gasteiger partial charge in [0.25, 0.3) is 0 Å². The highest BCUT2D eigenvalue weighted by molar-refractivity contribution is 5.79. The van der Waals surface area contributed by atoms with E-state index in [9.17, 15) is 9.59 Å². The summed E-state index contributed by atoms with van der Waals surface area (Å²) in [4.78, 5) is 22.0. The number of carbonyl (C=O) groups excluding carboxylic acids is 2. The zero-order valence-electron chi connectivity index (χ0n) is 11.1. The summed E-state index contributed by atoms with van der Waals surface area (Å²) in [5.41, 5.74) is -0.0112. The minimum Gasteiger partial charge on any atom is -0.303 e. The zero-order valence-corrected chi connectivity index (χ0v) is 11.1. The van der Waals surface area contributed by atoms with Gasteiger partial charge in [-0.1, -0.05) is 40.0 Å². The molecule has 0 N–H and O–H groups in total.